The standard InChI is InChI=1S/C22H20ClNO3/c1-15(22(26)24-14-19-8-4-5-9-20(19)23)27-21(25)13-16-10-11-17-6-2-3-7-18(17)12-16/h2-12,15H,13-14H2,1H3,(H,24,26). The first-order chi connectivity index (χ1) is 13.0. The van der Waals surface area contributed by atoms with Crippen molar-refractivity contribution >= 4 is 34.2 Å². The van der Waals surface area contributed by atoms with Crippen LogP contribution in [0.25, 0.3) is 10.8 Å². The average molecular weight is 382 g/mol. The molecule has 1 atom stereocenters. The van der Waals surface area contributed by atoms with Crippen LogP contribution in [-0.2, 0) is 27.3 Å². The fraction of sp³-hybridized carbons (Fsp3) is 0.182. The smallest absolute Gasteiger partial charge is 0.311 e. The minimum atomic E-state index is -0.875. The van der Waals surface area contributed by atoms with Crippen LogP contribution < -0.4 is 5.32 Å². The van der Waals surface area contributed by atoms with E-state index in [1.165, 1.54) is 0 Å². The first-order valence-electron chi connectivity index (χ1n) is 8.71. The number of hydrogen-bond donors (Lipinski definition) is 1. The summed E-state index contributed by atoms with van der Waals surface area (Å²) in [5.74, 6) is -0.799. The van der Waals surface area contributed by atoms with E-state index in [0.29, 0.717) is 5.02 Å². The third-order valence-electron chi connectivity index (χ3n) is 4.25. The molecule has 0 radical (unpaired) electrons. The highest BCUT2D eigenvalue weighted by Crippen LogP contribution is 2.17. The van der Waals surface area contributed by atoms with Gasteiger partial charge < -0.3 is 10.1 Å². The molecule has 3 aromatic rings. The van der Waals surface area contributed by atoms with Gasteiger partial charge >= 0.3 is 5.97 Å². The monoisotopic (exact) mass is 381 g/mol. The topological polar surface area (TPSA) is 55.4 Å². The zero-order valence-corrected chi connectivity index (χ0v) is 15.7. The first-order valence-corrected chi connectivity index (χ1v) is 9.09. The van der Waals surface area contributed by atoms with Crippen molar-refractivity contribution in [3.8, 4) is 0 Å². The molecule has 0 fully saturated rings. The molecule has 4 nitrogen and oxygen atoms in total. The maximum Gasteiger partial charge on any atom is 0.311 e. The Kier molecular flexibility index (Phi) is 6.09. The SMILES string of the molecule is CC(OC(=O)Cc1ccc2ccccc2c1)C(=O)NCc1ccccc1Cl. The molecule has 138 valence electrons. The number of esters is 1. The van der Waals surface area contributed by atoms with Gasteiger partial charge in [-0.05, 0) is 34.9 Å². The van der Waals surface area contributed by atoms with Crippen molar-refractivity contribution in [2.45, 2.75) is 26.0 Å². The molecule has 0 bridgehead atoms. The van der Waals surface area contributed by atoms with Gasteiger partial charge in [-0.15, -0.1) is 0 Å². The number of carbonyl (C=O) groups is 2. The summed E-state index contributed by atoms with van der Waals surface area (Å²) in [5.41, 5.74) is 1.66. The van der Waals surface area contributed by atoms with Gasteiger partial charge in [-0.1, -0.05) is 72.3 Å². The van der Waals surface area contributed by atoms with Crippen molar-refractivity contribution in [3.63, 3.8) is 0 Å². The molecule has 0 heterocycles. The fourth-order valence-corrected chi connectivity index (χ4v) is 2.98. The third kappa shape index (κ3) is 5.08. The van der Waals surface area contributed by atoms with E-state index in [1.807, 2.05) is 60.7 Å². The molecule has 0 saturated heterocycles. The molecule has 27 heavy (non-hydrogen) atoms. The quantitative estimate of drug-likeness (QED) is 0.648. The molecule has 1 N–H and O–H groups in total. The molecule has 0 aromatic heterocycles. The Balaban J connectivity index is 1.53. The number of carbonyl (C=O) groups excluding carboxylic acids is 2. The Bertz CT molecular complexity index is 970. The first kappa shape index (κ1) is 18.9. The van der Waals surface area contributed by atoms with Crippen LogP contribution in [-0.4, -0.2) is 18.0 Å². The molecular weight excluding hydrogens is 362 g/mol. The summed E-state index contributed by atoms with van der Waals surface area (Å²) in [6, 6.07) is 21.0. The Labute approximate surface area is 163 Å². The van der Waals surface area contributed by atoms with Gasteiger partial charge in [0.05, 0.1) is 6.42 Å². The van der Waals surface area contributed by atoms with Crippen molar-refractivity contribution in [1.82, 2.24) is 5.32 Å². The minimum Gasteiger partial charge on any atom is -0.452 e. The van der Waals surface area contributed by atoms with Crippen molar-refractivity contribution in [2.75, 3.05) is 0 Å². The van der Waals surface area contributed by atoms with Gasteiger partial charge in [0, 0.05) is 11.6 Å². The maximum absolute atomic E-state index is 12.2. The van der Waals surface area contributed by atoms with Crippen molar-refractivity contribution in [3.05, 3.63) is 82.9 Å². The zero-order valence-electron chi connectivity index (χ0n) is 14.9. The maximum atomic E-state index is 12.2. The summed E-state index contributed by atoms with van der Waals surface area (Å²) in [5, 5.41) is 5.49. The summed E-state index contributed by atoms with van der Waals surface area (Å²) in [4.78, 5) is 24.3. The number of nitrogens with one attached hydrogen (secondary N) is 1. The highest BCUT2D eigenvalue weighted by molar-refractivity contribution is 6.31. The Morgan fingerprint density at radius 3 is 2.48 bits per heavy atom. The van der Waals surface area contributed by atoms with E-state index in [2.05, 4.69) is 5.32 Å². The van der Waals surface area contributed by atoms with E-state index in [-0.39, 0.29) is 18.9 Å². The number of ether oxygens (including phenoxy) is 1. The van der Waals surface area contributed by atoms with E-state index in [1.54, 1.807) is 13.0 Å². The highest BCUT2D eigenvalue weighted by atomic mass is 35.5. The summed E-state index contributed by atoms with van der Waals surface area (Å²) in [7, 11) is 0. The normalized spacial score (nSPS) is 11.8. The van der Waals surface area contributed by atoms with Crippen molar-refractivity contribution in [2.24, 2.45) is 0 Å². The van der Waals surface area contributed by atoms with Crippen LogP contribution in [0.3, 0.4) is 0 Å². The molecule has 5 heteroatoms. The molecule has 0 aliphatic carbocycles. The molecule has 0 saturated carbocycles. The fourth-order valence-electron chi connectivity index (χ4n) is 2.78. The van der Waals surface area contributed by atoms with Gasteiger partial charge in [0.15, 0.2) is 6.10 Å². The zero-order chi connectivity index (χ0) is 19.2. The number of hydrogen-bond acceptors (Lipinski definition) is 3. The average Bonchev–Trinajstić information content (AvgIpc) is 2.67. The largest absolute Gasteiger partial charge is 0.452 e. The van der Waals surface area contributed by atoms with Crippen LogP contribution in [0.15, 0.2) is 66.7 Å². The van der Waals surface area contributed by atoms with Gasteiger partial charge in [0.2, 0.25) is 0 Å². The van der Waals surface area contributed by atoms with Crippen LogP contribution >= 0.6 is 11.6 Å². The summed E-state index contributed by atoms with van der Waals surface area (Å²) in [6.45, 7) is 1.84. The number of fused-ring (bicyclic) bond motifs is 1. The van der Waals surface area contributed by atoms with E-state index >= 15 is 0 Å². The second-order valence-corrected chi connectivity index (χ2v) is 6.71. The second-order valence-electron chi connectivity index (χ2n) is 6.30. The molecule has 0 aliphatic rings. The number of rotatable bonds is 6. The van der Waals surface area contributed by atoms with Crippen LogP contribution in [0.4, 0.5) is 0 Å². The molecule has 3 aromatic carbocycles. The lowest BCUT2D eigenvalue weighted by Crippen LogP contribution is -2.35. The predicted molar refractivity (Wildman–Crippen MR) is 107 cm³/mol. The lowest BCUT2D eigenvalue weighted by Gasteiger charge is -2.14. The third-order valence-corrected chi connectivity index (χ3v) is 4.62. The number of benzene rings is 3. The molecule has 0 aliphatic heterocycles. The molecule has 1 unspecified atom stereocenters. The summed E-state index contributed by atoms with van der Waals surface area (Å²) >= 11 is 6.07. The molecule has 1 amide bonds. The van der Waals surface area contributed by atoms with Gasteiger partial charge in [-0.25, -0.2) is 0 Å². The van der Waals surface area contributed by atoms with Gasteiger partial charge in [0.25, 0.3) is 5.91 Å². The highest BCUT2D eigenvalue weighted by Gasteiger charge is 2.18. The van der Waals surface area contributed by atoms with E-state index in [4.69, 9.17) is 16.3 Å². The Hall–Kier alpha value is -2.85. The minimum absolute atomic E-state index is 0.118. The lowest BCUT2D eigenvalue weighted by molar-refractivity contribution is -0.154. The van der Waals surface area contributed by atoms with Crippen LogP contribution in [0.1, 0.15) is 18.1 Å². The Morgan fingerprint density at radius 1 is 1.00 bits per heavy atom. The van der Waals surface area contributed by atoms with E-state index in [0.717, 1.165) is 21.9 Å². The lowest BCUT2D eigenvalue weighted by atomic mass is 10.1. The number of amides is 1. The second kappa shape index (κ2) is 8.69. The van der Waals surface area contributed by atoms with E-state index < -0.39 is 12.1 Å². The predicted octanol–water partition coefficient (Wildman–Crippen LogP) is 4.28. The summed E-state index contributed by atoms with van der Waals surface area (Å²) < 4.78 is 5.26. The summed E-state index contributed by atoms with van der Waals surface area (Å²) in [6.07, 6.45) is -0.757. The molecular formula is C22H20ClNO3. The van der Waals surface area contributed by atoms with Crippen molar-refractivity contribution < 1.29 is 14.3 Å². The van der Waals surface area contributed by atoms with Crippen LogP contribution in [0.5, 0.6) is 0 Å². The van der Waals surface area contributed by atoms with Gasteiger partial charge in [0.1, 0.15) is 0 Å². The van der Waals surface area contributed by atoms with Crippen LogP contribution in [0.2, 0.25) is 5.02 Å². The molecule has 3 rings (SSSR count). The van der Waals surface area contributed by atoms with Crippen molar-refractivity contribution in [1.29, 1.82) is 0 Å². The van der Waals surface area contributed by atoms with Crippen LogP contribution in [0, 0.1) is 0 Å². The van der Waals surface area contributed by atoms with Gasteiger partial charge in [-0.2, -0.15) is 0 Å². The van der Waals surface area contributed by atoms with Gasteiger partial charge in [-0.3, -0.25) is 9.59 Å². The van der Waals surface area contributed by atoms with E-state index in [9.17, 15) is 9.59 Å². The molecule has 0 spiro atoms. The Morgan fingerprint density at radius 2 is 1.70 bits per heavy atom. The number of halogens is 1.